The molecule has 0 spiro atoms. The van der Waals surface area contributed by atoms with Crippen LogP contribution in [0.5, 0.6) is 0 Å². The van der Waals surface area contributed by atoms with Gasteiger partial charge in [0.05, 0.1) is 21.6 Å². The molecule has 0 amide bonds. The molecule has 0 bridgehead atoms. The van der Waals surface area contributed by atoms with Crippen molar-refractivity contribution in [2.24, 2.45) is 0 Å². The molecule has 0 saturated heterocycles. The molecule has 0 aliphatic heterocycles. The summed E-state index contributed by atoms with van der Waals surface area (Å²) >= 11 is 5.97. The minimum absolute atomic E-state index is 0.244. The molecule has 3 aromatic carbocycles. The first-order chi connectivity index (χ1) is 12.9. The Balaban J connectivity index is 2.09. The fraction of sp³-hybridized carbons (Fsp3) is 0.0952. The van der Waals surface area contributed by atoms with E-state index >= 15 is 0 Å². The SMILES string of the molecule is Cc1ccccc1-c1nc2cc(C(F)(F)F)c(Cl)cc2n1-c1ccccc1. The maximum absolute atomic E-state index is 13.3. The highest BCUT2D eigenvalue weighted by atomic mass is 35.5. The Labute approximate surface area is 158 Å². The van der Waals surface area contributed by atoms with Crippen LogP contribution in [0.15, 0.2) is 66.7 Å². The molecule has 0 radical (unpaired) electrons. The number of rotatable bonds is 2. The van der Waals surface area contributed by atoms with Crippen molar-refractivity contribution in [2.75, 3.05) is 0 Å². The number of nitrogens with zero attached hydrogens (tertiary/aromatic N) is 2. The molecular weight excluding hydrogens is 373 g/mol. The minimum Gasteiger partial charge on any atom is -0.292 e. The van der Waals surface area contributed by atoms with Crippen molar-refractivity contribution in [3.05, 3.63) is 82.9 Å². The molecule has 1 heterocycles. The molecule has 6 heteroatoms. The zero-order valence-electron chi connectivity index (χ0n) is 14.3. The fourth-order valence-electron chi connectivity index (χ4n) is 3.16. The predicted octanol–water partition coefficient (Wildman–Crippen LogP) is 6.67. The Bertz CT molecular complexity index is 1130. The maximum Gasteiger partial charge on any atom is 0.417 e. The van der Waals surface area contributed by atoms with Gasteiger partial charge in [-0.3, -0.25) is 4.57 Å². The Morgan fingerprint density at radius 3 is 2.26 bits per heavy atom. The second-order valence-electron chi connectivity index (χ2n) is 6.24. The van der Waals surface area contributed by atoms with Crippen LogP contribution in [-0.2, 0) is 6.18 Å². The molecule has 1 aromatic heterocycles. The van der Waals surface area contributed by atoms with Gasteiger partial charge < -0.3 is 0 Å². The summed E-state index contributed by atoms with van der Waals surface area (Å²) in [5.41, 5.74) is 2.51. The number of halogens is 4. The number of hydrogen-bond acceptors (Lipinski definition) is 1. The normalized spacial score (nSPS) is 11.9. The topological polar surface area (TPSA) is 17.8 Å². The van der Waals surface area contributed by atoms with Gasteiger partial charge >= 0.3 is 6.18 Å². The van der Waals surface area contributed by atoms with Crippen molar-refractivity contribution >= 4 is 22.6 Å². The van der Waals surface area contributed by atoms with E-state index in [4.69, 9.17) is 11.6 Å². The smallest absolute Gasteiger partial charge is 0.292 e. The first-order valence-corrected chi connectivity index (χ1v) is 8.64. The summed E-state index contributed by atoms with van der Waals surface area (Å²) in [5, 5.41) is -0.344. The first kappa shape index (κ1) is 17.6. The van der Waals surface area contributed by atoms with Gasteiger partial charge in [0.15, 0.2) is 0 Å². The van der Waals surface area contributed by atoms with E-state index in [1.54, 1.807) is 0 Å². The number of para-hydroxylation sites is 1. The van der Waals surface area contributed by atoms with Crippen LogP contribution in [0.1, 0.15) is 11.1 Å². The lowest BCUT2D eigenvalue weighted by atomic mass is 10.1. The van der Waals surface area contributed by atoms with Gasteiger partial charge in [0.1, 0.15) is 5.82 Å². The van der Waals surface area contributed by atoms with Crippen LogP contribution in [0.3, 0.4) is 0 Å². The third kappa shape index (κ3) is 3.08. The molecule has 0 aliphatic carbocycles. The van der Waals surface area contributed by atoms with Gasteiger partial charge in [-0.05, 0) is 36.8 Å². The summed E-state index contributed by atoms with van der Waals surface area (Å²) in [6.07, 6.45) is -4.54. The average molecular weight is 387 g/mol. The van der Waals surface area contributed by atoms with Crippen molar-refractivity contribution in [1.82, 2.24) is 9.55 Å². The lowest BCUT2D eigenvalue weighted by Crippen LogP contribution is -2.06. The molecule has 2 nitrogen and oxygen atoms in total. The largest absolute Gasteiger partial charge is 0.417 e. The number of aromatic nitrogens is 2. The molecule has 0 saturated carbocycles. The third-order valence-corrected chi connectivity index (χ3v) is 4.76. The lowest BCUT2D eigenvalue weighted by molar-refractivity contribution is -0.137. The van der Waals surface area contributed by atoms with Crippen LogP contribution in [0.25, 0.3) is 28.1 Å². The van der Waals surface area contributed by atoms with Crippen molar-refractivity contribution < 1.29 is 13.2 Å². The summed E-state index contributed by atoms with van der Waals surface area (Å²) in [6.45, 7) is 1.94. The Morgan fingerprint density at radius 1 is 0.926 bits per heavy atom. The van der Waals surface area contributed by atoms with Crippen LogP contribution in [0, 0.1) is 6.92 Å². The van der Waals surface area contributed by atoms with Crippen molar-refractivity contribution in [3.63, 3.8) is 0 Å². The summed E-state index contributed by atoms with van der Waals surface area (Å²) in [7, 11) is 0. The monoisotopic (exact) mass is 386 g/mol. The molecule has 0 unspecified atom stereocenters. The number of alkyl halides is 3. The van der Waals surface area contributed by atoms with Crippen LogP contribution in [0.4, 0.5) is 13.2 Å². The van der Waals surface area contributed by atoms with Crippen molar-refractivity contribution in [3.8, 4) is 17.1 Å². The second kappa shape index (κ2) is 6.43. The zero-order valence-corrected chi connectivity index (χ0v) is 15.0. The minimum atomic E-state index is -4.54. The molecule has 0 atom stereocenters. The number of imidazole rings is 1. The molecule has 4 rings (SSSR count). The van der Waals surface area contributed by atoms with Gasteiger partial charge in [-0.15, -0.1) is 0 Å². The number of fused-ring (bicyclic) bond motifs is 1. The summed E-state index contributed by atoms with van der Waals surface area (Å²) < 4.78 is 41.7. The molecule has 0 N–H and O–H groups in total. The van der Waals surface area contributed by atoms with E-state index in [-0.39, 0.29) is 10.5 Å². The van der Waals surface area contributed by atoms with Crippen molar-refractivity contribution in [1.29, 1.82) is 0 Å². The molecule has 136 valence electrons. The van der Waals surface area contributed by atoms with Crippen LogP contribution in [-0.4, -0.2) is 9.55 Å². The summed E-state index contributed by atoms with van der Waals surface area (Å²) in [5.74, 6) is 0.574. The van der Waals surface area contributed by atoms with E-state index in [1.165, 1.54) is 6.07 Å². The van der Waals surface area contributed by atoms with Gasteiger partial charge in [0.25, 0.3) is 0 Å². The summed E-state index contributed by atoms with van der Waals surface area (Å²) in [4.78, 5) is 4.54. The summed E-state index contributed by atoms with van der Waals surface area (Å²) in [6, 6.07) is 19.4. The van der Waals surface area contributed by atoms with Gasteiger partial charge in [0.2, 0.25) is 0 Å². The standard InChI is InChI=1S/C21H14ClF3N2/c1-13-7-5-6-10-15(13)20-26-18-11-16(21(23,24)25)17(22)12-19(18)27(20)14-8-3-2-4-9-14/h2-12H,1H3. The number of aryl methyl sites for hydroxylation is 1. The molecule has 0 fully saturated rings. The number of hydrogen-bond donors (Lipinski definition) is 0. The maximum atomic E-state index is 13.3. The van der Waals surface area contributed by atoms with Gasteiger partial charge in [-0.2, -0.15) is 13.2 Å². The molecular formula is C21H14ClF3N2. The quantitative estimate of drug-likeness (QED) is 0.376. The highest BCUT2D eigenvalue weighted by Gasteiger charge is 2.34. The predicted molar refractivity (Wildman–Crippen MR) is 101 cm³/mol. The number of benzene rings is 3. The Morgan fingerprint density at radius 2 is 1.59 bits per heavy atom. The third-order valence-electron chi connectivity index (χ3n) is 4.45. The van der Waals surface area contributed by atoms with Gasteiger partial charge in [0, 0.05) is 11.3 Å². The second-order valence-corrected chi connectivity index (χ2v) is 6.65. The van der Waals surface area contributed by atoms with E-state index in [9.17, 15) is 13.2 Å². The fourth-order valence-corrected chi connectivity index (χ4v) is 3.42. The molecule has 27 heavy (non-hydrogen) atoms. The van der Waals surface area contributed by atoms with Crippen molar-refractivity contribution in [2.45, 2.75) is 13.1 Å². The van der Waals surface area contributed by atoms with Gasteiger partial charge in [-0.25, -0.2) is 4.98 Å². The highest BCUT2D eigenvalue weighted by Crippen LogP contribution is 2.39. The zero-order chi connectivity index (χ0) is 19.2. The Kier molecular flexibility index (Phi) is 4.19. The Hall–Kier alpha value is -2.79. The lowest BCUT2D eigenvalue weighted by Gasteiger charge is -2.12. The van der Waals surface area contributed by atoms with E-state index in [0.29, 0.717) is 11.3 Å². The average Bonchev–Trinajstić information content (AvgIpc) is 2.99. The van der Waals surface area contributed by atoms with E-state index in [1.807, 2.05) is 66.1 Å². The van der Waals surface area contributed by atoms with E-state index < -0.39 is 11.7 Å². The van der Waals surface area contributed by atoms with Crippen LogP contribution in [0.2, 0.25) is 5.02 Å². The van der Waals surface area contributed by atoms with Gasteiger partial charge in [-0.1, -0.05) is 54.1 Å². The van der Waals surface area contributed by atoms with Crippen LogP contribution >= 0.6 is 11.6 Å². The first-order valence-electron chi connectivity index (χ1n) is 8.27. The molecule has 0 aliphatic rings. The van der Waals surface area contributed by atoms with Crippen LogP contribution < -0.4 is 0 Å². The highest BCUT2D eigenvalue weighted by molar-refractivity contribution is 6.32. The van der Waals surface area contributed by atoms with E-state index in [2.05, 4.69) is 4.98 Å². The molecule has 4 aromatic rings. The van der Waals surface area contributed by atoms with E-state index in [0.717, 1.165) is 22.9 Å².